The van der Waals surface area contributed by atoms with Crippen molar-refractivity contribution >= 4 is 33.6 Å². The van der Waals surface area contributed by atoms with Crippen molar-refractivity contribution < 1.29 is 19.1 Å². The molecule has 0 fully saturated rings. The van der Waals surface area contributed by atoms with Gasteiger partial charge in [-0.3, -0.25) is 0 Å². The molecule has 2 amide bonds. The number of anilines is 1. The predicted molar refractivity (Wildman–Crippen MR) is 80.4 cm³/mol. The number of amides is 2. The van der Waals surface area contributed by atoms with Gasteiger partial charge in [0.2, 0.25) is 0 Å². The third-order valence-electron chi connectivity index (χ3n) is 2.78. The van der Waals surface area contributed by atoms with E-state index in [4.69, 9.17) is 9.52 Å². The van der Waals surface area contributed by atoms with Crippen LogP contribution in [-0.4, -0.2) is 17.1 Å². The Kier molecular flexibility index (Phi) is 4.64. The molecule has 1 atom stereocenters. The Hall–Kier alpha value is -2.28. The molecule has 0 saturated heterocycles. The van der Waals surface area contributed by atoms with E-state index in [9.17, 15) is 9.59 Å². The van der Waals surface area contributed by atoms with E-state index in [1.165, 1.54) is 18.4 Å². The highest BCUT2D eigenvalue weighted by Crippen LogP contribution is 2.22. The lowest BCUT2D eigenvalue weighted by atomic mass is 10.2. The topological polar surface area (TPSA) is 91.6 Å². The van der Waals surface area contributed by atoms with Gasteiger partial charge in [0.05, 0.1) is 23.6 Å². The molecule has 0 aliphatic rings. The summed E-state index contributed by atoms with van der Waals surface area (Å²) in [5.41, 5.74) is 0.222. The lowest BCUT2D eigenvalue weighted by molar-refractivity contribution is 0.0698. The number of aromatic carboxylic acids is 1. The second-order valence-corrected chi connectivity index (χ2v) is 5.25. The largest absolute Gasteiger partial charge is 0.478 e. The molecule has 6 nitrogen and oxygen atoms in total. The Bertz CT molecular complexity index is 655. The van der Waals surface area contributed by atoms with Gasteiger partial charge in [0.25, 0.3) is 0 Å². The number of hydrogen-bond acceptors (Lipinski definition) is 3. The third kappa shape index (κ3) is 3.85. The van der Waals surface area contributed by atoms with Crippen LogP contribution in [0.5, 0.6) is 0 Å². The SMILES string of the molecule is CC(NC(=O)Nc1cc(Br)ccc1C(=O)O)c1ccco1. The molecule has 0 saturated carbocycles. The fourth-order valence-electron chi connectivity index (χ4n) is 1.77. The molecule has 1 heterocycles. The Balaban J connectivity index is 2.09. The second-order valence-electron chi connectivity index (χ2n) is 4.33. The first-order valence-corrected chi connectivity index (χ1v) is 6.90. The van der Waals surface area contributed by atoms with E-state index >= 15 is 0 Å². The van der Waals surface area contributed by atoms with Gasteiger partial charge in [-0.25, -0.2) is 9.59 Å². The van der Waals surface area contributed by atoms with Gasteiger partial charge >= 0.3 is 12.0 Å². The summed E-state index contributed by atoms with van der Waals surface area (Å²) in [7, 11) is 0. The maximum absolute atomic E-state index is 11.9. The summed E-state index contributed by atoms with van der Waals surface area (Å²) in [6.07, 6.45) is 1.52. The van der Waals surface area contributed by atoms with Gasteiger partial charge in [-0.15, -0.1) is 0 Å². The summed E-state index contributed by atoms with van der Waals surface area (Å²) in [6.45, 7) is 1.76. The molecule has 0 spiro atoms. The number of carbonyl (C=O) groups excluding carboxylic acids is 1. The van der Waals surface area contributed by atoms with E-state index in [2.05, 4.69) is 26.6 Å². The molecule has 2 aromatic rings. The molecule has 21 heavy (non-hydrogen) atoms. The molecule has 0 bridgehead atoms. The van der Waals surface area contributed by atoms with Gasteiger partial charge in [0.15, 0.2) is 0 Å². The third-order valence-corrected chi connectivity index (χ3v) is 3.27. The van der Waals surface area contributed by atoms with Crippen LogP contribution in [0, 0.1) is 0 Å². The minimum absolute atomic E-state index is 0.0130. The second kappa shape index (κ2) is 6.45. The quantitative estimate of drug-likeness (QED) is 0.783. The van der Waals surface area contributed by atoms with Crippen LogP contribution in [-0.2, 0) is 0 Å². The van der Waals surface area contributed by atoms with E-state index < -0.39 is 12.0 Å². The number of nitrogens with one attached hydrogen (secondary N) is 2. The lowest BCUT2D eigenvalue weighted by Gasteiger charge is -2.14. The predicted octanol–water partition coefficient (Wildman–Crippen LogP) is 3.62. The number of halogens is 1. The lowest BCUT2D eigenvalue weighted by Crippen LogP contribution is -2.31. The van der Waals surface area contributed by atoms with E-state index in [1.807, 2.05) is 0 Å². The van der Waals surface area contributed by atoms with E-state index in [-0.39, 0.29) is 17.3 Å². The average molecular weight is 353 g/mol. The van der Waals surface area contributed by atoms with Crippen LogP contribution in [0.1, 0.15) is 29.1 Å². The van der Waals surface area contributed by atoms with Gasteiger partial charge in [-0.1, -0.05) is 15.9 Å². The van der Waals surface area contributed by atoms with Gasteiger partial charge in [0.1, 0.15) is 5.76 Å². The smallest absolute Gasteiger partial charge is 0.337 e. The highest BCUT2D eigenvalue weighted by molar-refractivity contribution is 9.10. The van der Waals surface area contributed by atoms with Crippen molar-refractivity contribution in [1.82, 2.24) is 5.32 Å². The molecule has 0 aliphatic heterocycles. The van der Waals surface area contributed by atoms with Crippen LogP contribution in [0.25, 0.3) is 0 Å². The molecule has 0 radical (unpaired) electrons. The molecule has 110 valence electrons. The number of rotatable bonds is 4. The van der Waals surface area contributed by atoms with Crippen molar-refractivity contribution in [3.8, 4) is 0 Å². The zero-order valence-corrected chi connectivity index (χ0v) is 12.7. The zero-order chi connectivity index (χ0) is 15.4. The molecular weight excluding hydrogens is 340 g/mol. The van der Waals surface area contributed by atoms with Crippen molar-refractivity contribution in [2.45, 2.75) is 13.0 Å². The van der Waals surface area contributed by atoms with Crippen LogP contribution in [0.2, 0.25) is 0 Å². The minimum Gasteiger partial charge on any atom is -0.478 e. The van der Waals surface area contributed by atoms with E-state index in [0.29, 0.717) is 10.2 Å². The highest BCUT2D eigenvalue weighted by atomic mass is 79.9. The van der Waals surface area contributed by atoms with Crippen LogP contribution in [0.3, 0.4) is 0 Å². The number of urea groups is 1. The number of hydrogen-bond donors (Lipinski definition) is 3. The summed E-state index contributed by atoms with van der Waals surface area (Å²) in [5.74, 6) is -0.505. The molecule has 2 rings (SSSR count). The Morgan fingerprint density at radius 3 is 2.71 bits per heavy atom. The summed E-state index contributed by atoms with van der Waals surface area (Å²) >= 11 is 3.24. The first-order valence-electron chi connectivity index (χ1n) is 6.11. The van der Waals surface area contributed by atoms with Crippen LogP contribution >= 0.6 is 15.9 Å². The monoisotopic (exact) mass is 352 g/mol. The molecule has 1 unspecified atom stereocenters. The molecule has 3 N–H and O–H groups in total. The fraction of sp³-hybridized carbons (Fsp3) is 0.143. The van der Waals surface area contributed by atoms with Gasteiger partial charge < -0.3 is 20.2 Å². The number of carbonyl (C=O) groups is 2. The Morgan fingerprint density at radius 1 is 1.33 bits per heavy atom. The maximum Gasteiger partial charge on any atom is 0.337 e. The molecule has 7 heteroatoms. The fourth-order valence-corrected chi connectivity index (χ4v) is 2.13. The van der Waals surface area contributed by atoms with E-state index in [0.717, 1.165) is 0 Å². The minimum atomic E-state index is -1.11. The van der Waals surface area contributed by atoms with Crippen molar-refractivity contribution in [1.29, 1.82) is 0 Å². The molecule has 0 aliphatic carbocycles. The van der Waals surface area contributed by atoms with Crippen LogP contribution in [0.4, 0.5) is 10.5 Å². The van der Waals surface area contributed by atoms with Crippen LogP contribution < -0.4 is 10.6 Å². The summed E-state index contributed by atoms with van der Waals surface area (Å²) in [4.78, 5) is 23.1. The first kappa shape index (κ1) is 15.1. The number of carboxylic acids is 1. The number of benzene rings is 1. The summed E-state index contributed by atoms with van der Waals surface area (Å²) < 4.78 is 5.85. The van der Waals surface area contributed by atoms with Crippen molar-refractivity contribution in [2.24, 2.45) is 0 Å². The Labute approximate surface area is 129 Å². The van der Waals surface area contributed by atoms with Gasteiger partial charge in [0, 0.05) is 4.47 Å². The Morgan fingerprint density at radius 2 is 2.10 bits per heavy atom. The number of carboxylic acid groups (broad SMARTS) is 1. The van der Waals surface area contributed by atoms with Gasteiger partial charge in [-0.05, 0) is 37.3 Å². The highest BCUT2D eigenvalue weighted by Gasteiger charge is 2.15. The molecule has 1 aromatic carbocycles. The zero-order valence-electron chi connectivity index (χ0n) is 11.1. The standard InChI is InChI=1S/C14H13BrN2O4/c1-8(12-3-2-6-21-12)16-14(20)17-11-7-9(15)4-5-10(11)13(18)19/h2-8H,1H3,(H,18,19)(H2,16,17,20). The average Bonchev–Trinajstić information content (AvgIpc) is 2.91. The van der Waals surface area contributed by atoms with Crippen LogP contribution in [0.15, 0.2) is 45.5 Å². The van der Waals surface area contributed by atoms with E-state index in [1.54, 1.807) is 25.1 Å². The summed E-state index contributed by atoms with van der Waals surface area (Å²) in [5, 5.41) is 14.3. The first-order chi connectivity index (χ1) is 9.97. The maximum atomic E-state index is 11.9. The molecule has 1 aromatic heterocycles. The van der Waals surface area contributed by atoms with Gasteiger partial charge in [-0.2, -0.15) is 0 Å². The normalized spacial score (nSPS) is 11.7. The number of furan rings is 1. The van der Waals surface area contributed by atoms with Crippen molar-refractivity contribution in [3.63, 3.8) is 0 Å². The van der Waals surface area contributed by atoms with Crippen molar-refractivity contribution in [2.75, 3.05) is 5.32 Å². The summed E-state index contributed by atoms with van der Waals surface area (Å²) in [6, 6.07) is 7.16. The van der Waals surface area contributed by atoms with Crippen molar-refractivity contribution in [3.05, 3.63) is 52.4 Å². The molecular formula is C14H13BrN2O4.